The van der Waals surface area contributed by atoms with Gasteiger partial charge in [-0.25, -0.2) is 9.59 Å². The second kappa shape index (κ2) is 26.3. The van der Waals surface area contributed by atoms with Crippen molar-refractivity contribution in [2.24, 2.45) is 0 Å². The van der Waals surface area contributed by atoms with Crippen LogP contribution < -0.4 is 18.9 Å². The molecule has 2 fully saturated rings. The fraction of sp³-hybridized carbons (Fsp3) is 0.250. The minimum absolute atomic E-state index is 0.00430. The number of fused-ring (bicyclic) bond motifs is 2. The number of nitrogens with zero attached hydrogens (tertiary/aromatic N) is 4. The van der Waals surface area contributed by atoms with Crippen LogP contribution in [-0.2, 0) is 38.0 Å². The van der Waals surface area contributed by atoms with Crippen LogP contribution in [-0.4, -0.2) is 120 Å². The lowest BCUT2D eigenvalue weighted by atomic mass is 9.80. The van der Waals surface area contributed by atoms with Crippen LogP contribution in [0.3, 0.4) is 0 Å². The average molecular weight is 1340 g/mol. The Morgan fingerprint density at radius 1 is 0.390 bits per heavy atom. The van der Waals surface area contributed by atoms with Gasteiger partial charge in [-0.2, -0.15) is 0 Å². The number of carbonyl (C=O) groups excluding carboxylic acids is 6. The monoisotopic (exact) mass is 1340 g/mol. The molecule has 4 amide bonds. The molecule has 0 N–H and O–H groups in total. The van der Waals surface area contributed by atoms with Gasteiger partial charge in [0.15, 0.2) is 12.1 Å². The molecule has 4 unspecified atom stereocenters. The van der Waals surface area contributed by atoms with Gasteiger partial charge in [0, 0.05) is 55.5 Å². The number of pyridine rings is 2. The minimum atomic E-state index is -1.74. The van der Waals surface area contributed by atoms with Crippen molar-refractivity contribution < 1.29 is 76.1 Å². The maximum absolute atomic E-state index is 16.4. The van der Waals surface area contributed by atoms with E-state index in [4.69, 9.17) is 47.4 Å². The van der Waals surface area contributed by atoms with E-state index in [1.807, 2.05) is 128 Å². The van der Waals surface area contributed by atoms with Crippen LogP contribution in [0.1, 0.15) is 109 Å². The fourth-order valence-electron chi connectivity index (χ4n) is 13.6. The molecule has 0 bridgehead atoms. The SMILES string of the molecule is Cc1ccc(Oc2cc3c4c(cc(Oc5ccc(C)cc5C)c5c6c(Oc7ccc(C)cc7C)cc7c8c(cc(Oc9ccc(C)cc9C)c(c2c45)c86)C(=O)N(C(C(=O)OCCOCC2CO2)c2ccccn2)C7=O)C(=O)N(C(C(=O)OCCOCC2CO2)c2ccccn2)C3=O)c(C)c1. The van der Waals surface area contributed by atoms with E-state index in [9.17, 15) is 9.59 Å². The number of rotatable bonds is 24. The molecule has 100 heavy (non-hydrogen) atoms. The van der Waals surface area contributed by atoms with E-state index in [1.165, 1.54) is 12.4 Å². The Labute approximate surface area is 574 Å². The third-order valence-corrected chi connectivity index (χ3v) is 18.4. The molecule has 9 aromatic carbocycles. The smallest absolute Gasteiger partial charge is 0.335 e. The predicted octanol–water partition coefficient (Wildman–Crippen LogP) is 14.8. The van der Waals surface area contributed by atoms with Crippen molar-refractivity contribution >= 4 is 78.7 Å². The summed E-state index contributed by atoms with van der Waals surface area (Å²) in [7, 11) is 0. The van der Waals surface area contributed by atoms with Gasteiger partial charge in [-0.3, -0.25) is 38.9 Å². The molecule has 20 heteroatoms. The molecular weight excluding hydrogens is 1270 g/mol. The summed E-state index contributed by atoms with van der Waals surface area (Å²) in [5.41, 5.74) is 6.43. The summed E-state index contributed by atoms with van der Waals surface area (Å²) >= 11 is 0. The Morgan fingerprint density at radius 2 is 0.690 bits per heavy atom. The van der Waals surface area contributed by atoms with Gasteiger partial charge in [-0.05, 0) is 150 Å². The normalized spacial score (nSPS) is 16.0. The predicted molar refractivity (Wildman–Crippen MR) is 370 cm³/mol. The number of carbonyl (C=O) groups is 6. The number of ether oxygens (including phenoxy) is 10. The van der Waals surface area contributed by atoms with E-state index in [0.717, 1.165) is 32.1 Å². The van der Waals surface area contributed by atoms with Crippen molar-refractivity contribution in [3.8, 4) is 46.0 Å². The summed E-state index contributed by atoms with van der Waals surface area (Å²) in [5, 5.41) is 1.80. The molecule has 2 aromatic heterocycles. The number of imide groups is 2. The summed E-state index contributed by atoms with van der Waals surface area (Å²) in [5.74, 6) is -3.78. The average Bonchev–Trinajstić information content (AvgIpc) is 1.07. The van der Waals surface area contributed by atoms with E-state index in [1.54, 1.807) is 60.7 Å². The number of hydrogen-bond donors (Lipinski definition) is 0. The summed E-state index contributed by atoms with van der Waals surface area (Å²) in [6, 6.07) is 35.0. The van der Waals surface area contributed by atoms with E-state index in [2.05, 4.69) is 9.97 Å². The highest BCUT2D eigenvalue weighted by Crippen LogP contribution is 2.59. The van der Waals surface area contributed by atoms with Crippen LogP contribution in [0.2, 0.25) is 0 Å². The zero-order chi connectivity index (χ0) is 69.4. The van der Waals surface area contributed by atoms with Gasteiger partial charge < -0.3 is 47.4 Å². The maximum Gasteiger partial charge on any atom is 0.335 e. The molecule has 4 aliphatic heterocycles. The first-order chi connectivity index (χ1) is 48.4. The van der Waals surface area contributed by atoms with Crippen molar-refractivity contribution in [1.82, 2.24) is 19.8 Å². The lowest BCUT2D eigenvalue weighted by Gasteiger charge is -2.35. The standard InChI is InChI=1S/C80H68N4O16/c1-41-15-19-57(45(5)29-41)97-61-33-51-65-52(76(86)83(75(51)85)73(55-13-9-11-23-81-55)79(89)93-27-25-91-37-49-39-95-49)35-63(99-59-21-17-43(3)31-47(59)7)69-70-64(100-60-22-18-44(4)32-48(60)8)36-54-66-53(34-62(68(72(66)70)67(61)71(65)69)98-58-20-16-42(2)30-46(58)6)77(87)84(78(54)88)74(56-14-10-12-24-82-56)80(90)94-28-26-92-38-50-40-96-50/h9-24,29-36,49-50,73-74H,25-28,37-40H2,1-8H3. The summed E-state index contributed by atoms with van der Waals surface area (Å²) in [6.45, 7) is 16.6. The molecule has 0 saturated carbocycles. The van der Waals surface area contributed by atoms with E-state index >= 15 is 19.2 Å². The first-order valence-corrected chi connectivity index (χ1v) is 33.0. The van der Waals surface area contributed by atoms with Crippen LogP contribution >= 0.6 is 0 Å². The number of benzene rings is 9. The molecule has 0 radical (unpaired) electrons. The number of hydrogen-bond acceptors (Lipinski definition) is 18. The third-order valence-electron chi connectivity index (χ3n) is 18.4. The number of epoxide rings is 2. The number of aromatic nitrogens is 2. The topological polar surface area (TPSA) is 234 Å². The van der Waals surface area contributed by atoms with Crippen LogP contribution in [0.25, 0.3) is 43.1 Å². The van der Waals surface area contributed by atoms with Crippen molar-refractivity contribution in [2.45, 2.75) is 79.7 Å². The molecule has 6 heterocycles. The minimum Gasteiger partial charge on any atom is -0.461 e. The van der Waals surface area contributed by atoms with Crippen molar-refractivity contribution in [2.75, 3.05) is 52.9 Å². The number of amides is 4. The Balaban J connectivity index is 1.07. The second-order valence-electron chi connectivity index (χ2n) is 25.8. The zero-order valence-corrected chi connectivity index (χ0v) is 56.1. The third kappa shape index (κ3) is 12.0. The van der Waals surface area contributed by atoms with Gasteiger partial charge >= 0.3 is 11.9 Å². The first kappa shape index (κ1) is 64.8. The number of esters is 2. The Kier molecular flexibility index (Phi) is 17.0. The second-order valence-corrected chi connectivity index (χ2v) is 25.8. The molecule has 20 nitrogen and oxygen atoms in total. The zero-order valence-electron chi connectivity index (χ0n) is 56.1. The van der Waals surface area contributed by atoms with Gasteiger partial charge in [0.1, 0.15) is 71.4 Å². The Morgan fingerprint density at radius 3 is 0.950 bits per heavy atom. The van der Waals surface area contributed by atoms with Gasteiger partial charge in [0.25, 0.3) is 23.6 Å². The van der Waals surface area contributed by atoms with Gasteiger partial charge in [-0.1, -0.05) is 82.9 Å². The maximum atomic E-state index is 16.4. The Hall–Kier alpha value is -11.2. The summed E-state index contributed by atoms with van der Waals surface area (Å²) in [6.07, 6.45) is 2.81. The summed E-state index contributed by atoms with van der Waals surface area (Å²) < 4.78 is 63.2. The lowest BCUT2D eigenvalue weighted by molar-refractivity contribution is -0.151. The van der Waals surface area contributed by atoms with E-state index in [-0.39, 0.29) is 138 Å². The van der Waals surface area contributed by atoms with Gasteiger partial charge in [0.2, 0.25) is 0 Å². The quantitative estimate of drug-likeness (QED) is 0.0137. The van der Waals surface area contributed by atoms with Crippen molar-refractivity contribution in [3.63, 3.8) is 0 Å². The van der Waals surface area contributed by atoms with E-state index in [0.29, 0.717) is 71.7 Å². The molecule has 0 spiro atoms. The molecule has 4 atom stereocenters. The molecule has 504 valence electrons. The first-order valence-electron chi connectivity index (χ1n) is 33.0. The molecular formula is C80H68N4O16. The number of aryl methyl sites for hydroxylation is 8. The van der Waals surface area contributed by atoms with Gasteiger partial charge in [0.05, 0.1) is 73.3 Å². The van der Waals surface area contributed by atoms with Gasteiger partial charge in [-0.15, -0.1) is 0 Å². The largest absolute Gasteiger partial charge is 0.461 e. The highest BCUT2D eigenvalue weighted by atomic mass is 16.6. The molecule has 0 aliphatic carbocycles. The Bertz CT molecular complexity index is 4650. The summed E-state index contributed by atoms with van der Waals surface area (Å²) in [4.78, 5) is 106. The molecule has 11 aromatic rings. The fourth-order valence-corrected chi connectivity index (χ4v) is 13.6. The van der Waals surface area contributed by atoms with Crippen molar-refractivity contribution in [3.05, 3.63) is 224 Å². The van der Waals surface area contributed by atoms with Crippen LogP contribution in [0, 0.1) is 55.4 Å². The molecule has 15 rings (SSSR count). The molecule has 4 aliphatic rings. The lowest BCUT2D eigenvalue weighted by Crippen LogP contribution is -2.46. The van der Waals surface area contributed by atoms with Crippen LogP contribution in [0.15, 0.2) is 146 Å². The highest BCUT2D eigenvalue weighted by molar-refractivity contribution is 6.45. The highest BCUT2D eigenvalue weighted by Gasteiger charge is 2.48. The van der Waals surface area contributed by atoms with Crippen molar-refractivity contribution in [1.29, 1.82) is 0 Å². The molecule has 2 saturated heterocycles. The van der Waals surface area contributed by atoms with Crippen LogP contribution in [0.5, 0.6) is 46.0 Å². The van der Waals surface area contributed by atoms with Crippen LogP contribution in [0.4, 0.5) is 0 Å². The van der Waals surface area contributed by atoms with E-state index < -0.39 is 47.7 Å².